The number of nitrogens with one attached hydrogen (secondary N) is 1. The van der Waals surface area contributed by atoms with Crippen LogP contribution in [0.5, 0.6) is 0 Å². The predicted octanol–water partition coefficient (Wildman–Crippen LogP) is 4.21. The maximum Gasteiger partial charge on any atom is 0.230 e. The van der Waals surface area contributed by atoms with Crippen molar-refractivity contribution >= 4 is 46.4 Å². The molecule has 0 unspecified atom stereocenters. The van der Waals surface area contributed by atoms with E-state index in [4.69, 9.17) is 5.73 Å². The molecule has 3 N–H and O–H groups in total. The molecule has 0 saturated carbocycles. The Balaban J connectivity index is 0.00000274. The van der Waals surface area contributed by atoms with Gasteiger partial charge in [-0.2, -0.15) is 5.10 Å². The lowest BCUT2D eigenvalue weighted by Crippen LogP contribution is -2.30. The molecule has 1 saturated heterocycles. The Morgan fingerprint density at radius 2 is 1.94 bits per heavy atom. The molecule has 3 aromatic heterocycles. The number of hydrogen-bond donors (Lipinski definition) is 2. The predicted molar refractivity (Wildman–Crippen MR) is 138 cm³/mol. The molecule has 0 bridgehead atoms. The Hall–Kier alpha value is -3.65. The fraction of sp³-hybridized carbons (Fsp3) is 0.280. The van der Waals surface area contributed by atoms with Crippen LogP contribution in [0.4, 0.5) is 17.2 Å². The average Bonchev–Trinajstić information content (AvgIpc) is 3.18. The number of nitrogens with two attached hydrogens (primary N) is 1. The molecule has 0 aliphatic carbocycles. The van der Waals surface area contributed by atoms with Crippen LogP contribution in [-0.4, -0.2) is 38.7 Å². The molecule has 1 amide bonds. The minimum absolute atomic E-state index is 0. The van der Waals surface area contributed by atoms with Crippen molar-refractivity contribution in [1.82, 2.24) is 19.7 Å². The van der Waals surface area contributed by atoms with Crippen LogP contribution in [0.25, 0.3) is 22.2 Å². The van der Waals surface area contributed by atoms with Crippen LogP contribution >= 0.6 is 12.4 Å². The first-order valence-electron chi connectivity index (χ1n) is 11.3. The molecule has 0 atom stereocenters. The summed E-state index contributed by atoms with van der Waals surface area (Å²) in [4.78, 5) is 24.1. The lowest BCUT2D eigenvalue weighted by atomic mass is 10.1. The summed E-state index contributed by atoms with van der Waals surface area (Å²) >= 11 is 0. The second-order valence-corrected chi connectivity index (χ2v) is 8.49. The normalized spacial score (nSPS) is 13.5. The number of aromatic nitrogens is 4. The maximum atomic E-state index is 13.0. The summed E-state index contributed by atoms with van der Waals surface area (Å²) in [5.41, 5.74) is 10.9. The van der Waals surface area contributed by atoms with E-state index in [0.717, 1.165) is 59.5 Å². The second kappa shape index (κ2) is 10.1. The number of aryl methyl sites for hydroxylation is 1. The number of carbonyl (C=O) groups excluding carboxylic acids is 1. The Bertz CT molecular complexity index is 1310. The number of piperidine rings is 1. The summed E-state index contributed by atoms with van der Waals surface area (Å²) in [6.45, 7) is 1.97. The van der Waals surface area contributed by atoms with Gasteiger partial charge < -0.3 is 16.0 Å². The number of halogens is 1. The first kappa shape index (κ1) is 23.5. The highest BCUT2D eigenvalue weighted by atomic mass is 35.5. The third kappa shape index (κ3) is 5.12. The summed E-state index contributed by atoms with van der Waals surface area (Å²) in [5, 5.41) is 8.70. The van der Waals surface area contributed by atoms with Crippen LogP contribution < -0.4 is 16.0 Å². The number of rotatable bonds is 5. The molecular weight excluding hydrogens is 450 g/mol. The first-order valence-corrected chi connectivity index (χ1v) is 11.3. The van der Waals surface area contributed by atoms with Gasteiger partial charge >= 0.3 is 0 Å². The third-order valence-electron chi connectivity index (χ3n) is 5.93. The van der Waals surface area contributed by atoms with Crippen molar-refractivity contribution in [2.75, 3.05) is 29.0 Å². The van der Waals surface area contributed by atoms with Crippen molar-refractivity contribution in [1.29, 1.82) is 0 Å². The highest BCUT2D eigenvalue weighted by Crippen LogP contribution is 2.33. The smallest absolute Gasteiger partial charge is 0.230 e. The molecule has 4 heterocycles. The van der Waals surface area contributed by atoms with Gasteiger partial charge in [0.05, 0.1) is 34.7 Å². The number of amides is 1. The molecule has 5 rings (SSSR count). The highest BCUT2D eigenvalue weighted by Gasteiger charge is 2.18. The first-order chi connectivity index (χ1) is 16.0. The van der Waals surface area contributed by atoms with Crippen LogP contribution in [0.15, 0.2) is 54.9 Å². The van der Waals surface area contributed by atoms with Crippen LogP contribution in [0.2, 0.25) is 0 Å². The molecule has 8 nitrogen and oxygen atoms in total. The monoisotopic (exact) mass is 477 g/mol. The molecule has 0 spiro atoms. The van der Waals surface area contributed by atoms with Crippen LogP contribution in [0.3, 0.4) is 0 Å². The quantitative estimate of drug-likeness (QED) is 0.446. The van der Waals surface area contributed by atoms with Crippen molar-refractivity contribution < 1.29 is 4.79 Å². The average molecular weight is 478 g/mol. The summed E-state index contributed by atoms with van der Waals surface area (Å²) in [6.07, 6.45) is 7.36. The molecular formula is C25H28ClN7O. The van der Waals surface area contributed by atoms with Gasteiger partial charge in [0, 0.05) is 43.5 Å². The van der Waals surface area contributed by atoms with Crippen LogP contribution in [0.1, 0.15) is 25.0 Å². The van der Waals surface area contributed by atoms with Gasteiger partial charge in [0.15, 0.2) is 0 Å². The number of anilines is 3. The fourth-order valence-corrected chi connectivity index (χ4v) is 4.39. The standard InChI is InChI=1S/C25H27N7O.ClH/c1-31-16-18-12-22(23(15-21(18)30-31)32-10-3-2-4-11-32)29-25(33)14-19-6-5-7-20(28-19)17-8-9-27-24(26)13-17;/h5-9,12-13,15-16H,2-4,10-11,14H2,1H3,(H2,26,27)(H,29,33);1H. The zero-order chi connectivity index (χ0) is 22.8. The number of pyridine rings is 2. The zero-order valence-corrected chi connectivity index (χ0v) is 19.9. The second-order valence-electron chi connectivity index (χ2n) is 8.49. The van der Waals surface area contributed by atoms with Crippen LogP contribution in [-0.2, 0) is 18.3 Å². The van der Waals surface area contributed by atoms with E-state index in [2.05, 4.69) is 31.3 Å². The number of benzene rings is 1. The lowest BCUT2D eigenvalue weighted by Gasteiger charge is -2.30. The molecule has 1 aliphatic heterocycles. The molecule has 1 aromatic carbocycles. The van der Waals surface area contributed by atoms with E-state index >= 15 is 0 Å². The van der Waals surface area contributed by atoms with Crippen LogP contribution in [0, 0.1) is 0 Å². The molecule has 1 fully saturated rings. The van der Waals surface area contributed by atoms with E-state index in [1.807, 2.05) is 43.6 Å². The summed E-state index contributed by atoms with van der Waals surface area (Å²) in [5.74, 6) is 0.337. The number of nitrogens with zero attached hydrogens (tertiary/aromatic N) is 5. The van der Waals surface area contributed by atoms with Crippen molar-refractivity contribution in [2.24, 2.45) is 7.05 Å². The fourth-order valence-electron chi connectivity index (χ4n) is 4.39. The zero-order valence-electron chi connectivity index (χ0n) is 19.1. The van der Waals surface area contributed by atoms with Crippen molar-refractivity contribution in [3.05, 3.63) is 60.6 Å². The van der Waals surface area contributed by atoms with Gasteiger partial charge in [-0.1, -0.05) is 6.07 Å². The van der Waals surface area contributed by atoms with E-state index in [9.17, 15) is 4.79 Å². The minimum Gasteiger partial charge on any atom is -0.384 e. The Morgan fingerprint density at radius 1 is 1.12 bits per heavy atom. The lowest BCUT2D eigenvalue weighted by molar-refractivity contribution is -0.115. The van der Waals surface area contributed by atoms with Gasteiger partial charge in [0.2, 0.25) is 5.91 Å². The number of hydrogen-bond acceptors (Lipinski definition) is 6. The summed E-state index contributed by atoms with van der Waals surface area (Å²) < 4.78 is 1.80. The molecule has 176 valence electrons. The topological polar surface area (TPSA) is 102 Å². The number of nitrogen functional groups attached to an aromatic ring is 1. The SMILES string of the molecule is Cl.Cn1cc2cc(NC(=O)Cc3cccc(-c4ccnc(N)c4)n3)c(N3CCCCC3)cc2n1. The van der Waals surface area contributed by atoms with Gasteiger partial charge in [-0.3, -0.25) is 14.5 Å². The van der Waals surface area contributed by atoms with Gasteiger partial charge in [-0.05, 0) is 55.7 Å². The van der Waals surface area contributed by atoms with Crippen molar-refractivity contribution in [2.45, 2.75) is 25.7 Å². The molecule has 4 aromatic rings. The van der Waals surface area contributed by atoms with E-state index in [-0.39, 0.29) is 24.7 Å². The van der Waals surface area contributed by atoms with Crippen molar-refractivity contribution in [3.8, 4) is 11.3 Å². The maximum absolute atomic E-state index is 13.0. The Labute approximate surface area is 204 Å². The van der Waals surface area contributed by atoms with Gasteiger partial charge in [-0.25, -0.2) is 4.98 Å². The van der Waals surface area contributed by atoms with Gasteiger partial charge in [-0.15, -0.1) is 12.4 Å². The third-order valence-corrected chi connectivity index (χ3v) is 5.93. The minimum atomic E-state index is -0.101. The largest absolute Gasteiger partial charge is 0.384 e. The molecule has 0 radical (unpaired) electrons. The Kier molecular flexibility index (Phi) is 6.98. The van der Waals surface area contributed by atoms with Gasteiger partial charge in [0.1, 0.15) is 5.82 Å². The Morgan fingerprint density at radius 3 is 2.74 bits per heavy atom. The molecule has 1 aliphatic rings. The van der Waals surface area contributed by atoms with E-state index in [1.54, 1.807) is 16.9 Å². The van der Waals surface area contributed by atoms with E-state index in [1.165, 1.54) is 6.42 Å². The highest BCUT2D eigenvalue weighted by molar-refractivity contribution is 5.99. The molecule has 9 heteroatoms. The number of fused-ring (bicyclic) bond motifs is 1. The van der Waals surface area contributed by atoms with E-state index in [0.29, 0.717) is 11.5 Å². The van der Waals surface area contributed by atoms with E-state index < -0.39 is 0 Å². The molecule has 34 heavy (non-hydrogen) atoms. The number of carbonyl (C=O) groups is 1. The van der Waals surface area contributed by atoms with Crippen molar-refractivity contribution in [3.63, 3.8) is 0 Å². The summed E-state index contributed by atoms with van der Waals surface area (Å²) in [6, 6.07) is 13.4. The van der Waals surface area contributed by atoms with Gasteiger partial charge in [0.25, 0.3) is 0 Å². The summed E-state index contributed by atoms with van der Waals surface area (Å²) in [7, 11) is 1.91.